The number of hydrogen-bond acceptors (Lipinski definition) is 1. The molecule has 0 bridgehead atoms. The summed E-state index contributed by atoms with van der Waals surface area (Å²) in [5.74, 6) is -1.14. The molecular formula is C11H14F2O. The summed E-state index contributed by atoms with van der Waals surface area (Å²) in [6.07, 6.45) is 0. The predicted octanol–water partition coefficient (Wildman–Crippen LogP) is 2.54. The first-order valence-electron chi connectivity index (χ1n) is 4.45. The van der Waals surface area contributed by atoms with Crippen molar-refractivity contribution in [1.82, 2.24) is 0 Å². The van der Waals surface area contributed by atoms with E-state index < -0.39 is 17.0 Å². The molecule has 0 aliphatic carbocycles. The van der Waals surface area contributed by atoms with Gasteiger partial charge in [-0.15, -0.1) is 0 Å². The molecule has 0 radical (unpaired) electrons. The number of benzene rings is 1. The van der Waals surface area contributed by atoms with Gasteiger partial charge in [-0.25, -0.2) is 8.78 Å². The van der Waals surface area contributed by atoms with Gasteiger partial charge < -0.3 is 5.11 Å². The highest BCUT2D eigenvalue weighted by atomic mass is 19.1. The zero-order valence-corrected chi connectivity index (χ0v) is 8.56. The Balaban J connectivity index is 3.26. The molecule has 1 aromatic carbocycles. The minimum absolute atomic E-state index is 0.0162. The van der Waals surface area contributed by atoms with E-state index in [0.717, 1.165) is 0 Å². The molecule has 0 amide bonds. The van der Waals surface area contributed by atoms with Crippen molar-refractivity contribution in [1.29, 1.82) is 0 Å². The van der Waals surface area contributed by atoms with Crippen molar-refractivity contribution in [3.63, 3.8) is 0 Å². The van der Waals surface area contributed by atoms with Crippen molar-refractivity contribution in [3.8, 4) is 0 Å². The average Bonchev–Trinajstić information content (AvgIpc) is 2.13. The fourth-order valence-electron chi connectivity index (χ4n) is 1.13. The van der Waals surface area contributed by atoms with E-state index in [1.165, 1.54) is 19.1 Å². The fourth-order valence-corrected chi connectivity index (χ4v) is 1.13. The molecule has 0 aliphatic heterocycles. The Bertz CT molecular complexity index is 322. The summed E-state index contributed by atoms with van der Waals surface area (Å²) in [6.45, 7) is 4.71. The van der Waals surface area contributed by atoms with E-state index >= 15 is 0 Å². The van der Waals surface area contributed by atoms with Crippen molar-refractivity contribution < 1.29 is 13.9 Å². The summed E-state index contributed by atoms with van der Waals surface area (Å²) in [6, 6.07) is 2.54. The van der Waals surface area contributed by atoms with E-state index in [0.29, 0.717) is 5.56 Å². The minimum Gasteiger partial charge on any atom is -0.395 e. The number of aliphatic hydroxyl groups is 1. The fraction of sp³-hybridized carbons (Fsp3) is 0.455. The SMILES string of the molecule is Cc1c(F)cc(C(C)(C)CO)cc1F. The summed E-state index contributed by atoms with van der Waals surface area (Å²) >= 11 is 0. The molecule has 1 rings (SSSR count). The van der Waals surface area contributed by atoms with Crippen LogP contribution in [-0.4, -0.2) is 11.7 Å². The summed E-state index contributed by atoms with van der Waals surface area (Å²) in [5, 5.41) is 9.05. The summed E-state index contributed by atoms with van der Waals surface area (Å²) in [7, 11) is 0. The lowest BCUT2D eigenvalue weighted by Gasteiger charge is -2.22. The maximum absolute atomic E-state index is 13.2. The minimum atomic E-state index is -0.616. The van der Waals surface area contributed by atoms with Gasteiger partial charge in [0.1, 0.15) is 11.6 Å². The van der Waals surface area contributed by atoms with Crippen LogP contribution < -0.4 is 0 Å². The predicted molar refractivity (Wildman–Crippen MR) is 51.2 cm³/mol. The number of halogens is 2. The molecule has 1 nitrogen and oxygen atoms in total. The third-order valence-electron chi connectivity index (χ3n) is 2.46. The molecule has 0 unspecified atom stereocenters. The van der Waals surface area contributed by atoms with E-state index in [1.807, 2.05) is 0 Å². The molecule has 1 aromatic rings. The monoisotopic (exact) mass is 200 g/mol. The Morgan fingerprint density at radius 1 is 1.21 bits per heavy atom. The smallest absolute Gasteiger partial charge is 0.129 e. The van der Waals surface area contributed by atoms with E-state index in [9.17, 15) is 8.78 Å². The van der Waals surface area contributed by atoms with Crippen LogP contribution in [0.2, 0.25) is 0 Å². The molecule has 0 fully saturated rings. The van der Waals surface area contributed by atoms with Crippen molar-refractivity contribution in [2.24, 2.45) is 0 Å². The van der Waals surface area contributed by atoms with Crippen molar-refractivity contribution in [3.05, 3.63) is 34.9 Å². The third-order valence-corrected chi connectivity index (χ3v) is 2.46. The van der Waals surface area contributed by atoms with Crippen LogP contribution in [0.1, 0.15) is 25.0 Å². The van der Waals surface area contributed by atoms with Crippen LogP contribution in [0.4, 0.5) is 8.78 Å². The van der Waals surface area contributed by atoms with Crippen LogP contribution in [0, 0.1) is 18.6 Å². The molecule has 0 heterocycles. The Morgan fingerprint density at radius 3 is 2.00 bits per heavy atom. The van der Waals surface area contributed by atoms with Crippen LogP contribution in [-0.2, 0) is 5.41 Å². The van der Waals surface area contributed by atoms with Gasteiger partial charge in [0.05, 0.1) is 6.61 Å². The lowest BCUT2D eigenvalue weighted by atomic mass is 9.85. The van der Waals surface area contributed by atoms with Crippen molar-refractivity contribution in [2.75, 3.05) is 6.61 Å². The van der Waals surface area contributed by atoms with Gasteiger partial charge in [0, 0.05) is 11.0 Å². The van der Waals surface area contributed by atoms with Gasteiger partial charge in [0.15, 0.2) is 0 Å². The molecule has 0 saturated heterocycles. The Kier molecular flexibility index (Phi) is 2.90. The van der Waals surface area contributed by atoms with Crippen molar-refractivity contribution >= 4 is 0 Å². The average molecular weight is 200 g/mol. The third kappa shape index (κ3) is 1.93. The maximum atomic E-state index is 13.2. The summed E-state index contributed by atoms with van der Waals surface area (Å²) < 4.78 is 26.4. The van der Waals surface area contributed by atoms with E-state index in [2.05, 4.69) is 0 Å². The largest absolute Gasteiger partial charge is 0.395 e. The molecule has 78 valence electrons. The zero-order chi connectivity index (χ0) is 10.9. The molecular weight excluding hydrogens is 186 g/mol. The van der Waals surface area contributed by atoms with Gasteiger partial charge in [-0.05, 0) is 24.6 Å². The Morgan fingerprint density at radius 2 is 1.64 bits per heavy atom. The summed E-state index contributed by atoms with van der Waals surface area (Å²) in [5.41, 5.74) is -0.127. The molecule has 0 spiro atoms. The molecule has 0 aromatic heterocycles. The Hall–Kier alpha value is -0.960. The summed E-state index contributed by atoms with van der Waals surface area (Å²) in [4.78, 5) is 0. The van der Waals surface area contributed by atoms with Crippen molar-refractivity contribution in [2.45, 2.75) is 26.2 Å². The topological polar surface area (TPSA) is 20.2 Å². The first kappa shape index (κ1) is 11.1. The van der Waals surface area contributed by atoms with Crippen LogP contribution >= 0.6 is 0 Å². The second-order valence-corrected chi connectivity index (χ2v) is 4.11. The molecule has 0 aliphatic rings. The number of hydrogen-bond donors (Lipinski definition) is 1. The zero-order valence-electron chi connectivity index (χ0n) is 8.56. The molecule has 14 heavy (non-hydrogen) atoms. The molecule has 3 heteroatoms. The molecule has 1 N–H and O–H groups in total. The quantitative estimate of drug-likeness (QED) is 0.777. The van der Waals surface area contributed by atoms with Gasteiger partial charge >= 0.3 is 0 Å². The maximum Gasteiger partial charge on any atom is 0.129 e. The lowest BCUT2D eigenvalue weighted by molar-refractivity contribution is 0.218. The first-order chi connectivity index (χ1) is 6.38. The van der Waals surface area contributed by atoms with Gasteiger partial charge in [-0.3, -0.25) is 0 Å². The van der Waals surface area contributed by atoms with Gasteiger partial charge in [0.25, 0.3) is 0 Å². The van der Waals surface area contributed by atoms with Gasteiger partial charge in [-0.1, -0.05) is 13.8 Å². The Labute approximate surface area is 82.4 Å². The second-order valence-electron chi connectivity index (χ2n) is 4.11. The van der Waals surface area contributed by atoms with E-state index in [4.69, 9.17) is 5.11 Å². The molecule has 0 saturated carbocycles. The van der Waals surface area contributed by atoms with Gasteiger partial charge in [0.2, 0.25) is 0 Å². The highest BCUT2D eigenvalue weighted by molar-refractivity contribution is 5.30. The number of aliphatic hydroxyl groups excluding tert-OH is 1. The van der Waals surface area contributed by atoms with E-state index in [1.54, 1.807) is 13.8 Å². The van der Waals surface area contributed by atoms with Crippen LogP contribution in [0.5, 0.6) is 0 Å². The van der Waals surface area contributed by atoms with Crippen LogP contribution in [0.15, 0.2) is 12.1 Å². The van der Waals surface area contributed by atoms with Gasteiger partial charge in [-0.2, -0.15) is 0 Å². The van der Waals surface area contributed by atoms with Crippen LogP contribution in [0.25, 0.3) is 0 Å². The second kappa shape index (κ2) is 3.65. The standard InChI is InChI=1S/C11H14F2O/c1-7-9(12)4-8(5-10(7)13)11(2,3)6-14/h4-5,14H,6H2,1-3H3. The lowest BCUT2D eigenvalue weighted by Crippen LogP contribution is -2.22. The molecule has 0 atom stereocenters. The highest BCUT2D eigenvalue weighted by Crippen LogP contribution is 2.25. The van der Waals surface area contributed by atoms with Crippen LogP contribution in [0.3, 0.4) is 0 Å². The number of rotatable bonds is 2. The normalized spacial score (nSPS) is 11.9. The van der Waals surface area contributed by atoms with E-state index in [-0.39, 0.29) is 12.2 Å². The highest BCUT2D eigenvalue weighted by Gasteiger charge is 2.21. The first-order valence-corrected chi connectivity index (χ1v) is 4.45.